The first-order chi connectivity index (χ1) is 8.06. The van der Waals surface area contributed by atoms with Gasteiger partial charge in [0, 0.05) is 12.5 Å². The number of benzene rings is 1. The van der Waals surface area contributed by atoms with Crippen LogP contribution >= 0.6 is 0 Å². The summed E-state index contributed by atoms with van der Waals surface area (Å²) in [6.07, 6.45) is 0.890. The van der Waals surface area contributed by atoms with Crippen LogP contribution in [0.15, 0.2) is 27.4 Å². The molecule has 0 aliphatic heterocycles. The lowest BCUT2D eigenvalue weighted by molar-refractivity contribution is 0.528. The summed E-state index contributed by atoms with van der Waals surface area (Å²) in [7, 11) is 1.69. The molecule has 1 heterocycles. The van der Waals surface area contributed by atoms with Gasteiger partial charge in [-0.2, -0.15) is 5.26 Å². The van der Waals surface area contributed by atoms with Crippen LogP contribution in [0.3, 0.4) is 0 Å². The zero-order valence-electron chi connectivity index (χ0n) is 9.73. The molecular formula is C13H12N2O2. The number of nitrogens with zero attached hydrogens (tertiary/aromatic N) is 2. The highest BCUT2D eigenvalue weighted by Gasteiger charge is 2.51. The third-order valence-electron chi connectivity index (χ3n) is 3.84. The van der Waals surface area contributed by atoms with E-state index in [1.165, 1.54) is 4.57 Å². The fourth-order valence-corrected chi connectivity index (χ4v) is 2.35. The first-order valence-corrected chi connectivity index (χ1v) is 5.56. The Labute approximate surface area is 98.1 Å². The second kappa shape index (κ2) is 3.01. The van der Waals surface area contributed by atoms with E-state index >= 15 is 0 Å². The number of nitriles is 1. The molecule has 0 bridgehead atoms. The molecule has 86 valence electrons. The van der Waals surface area contributed by atoms with Crippen LogP contribution in [0.25, 0.3) is 11.1 Å². The van der Waals surface area contributed by atoms with Gasteiger partial charge in [0.1, 0.15) is 0 Å². The first kappa shape index (κ1) is 10.2. The van der Waals surface area contributed by atoms with Gasteiger partial charge in [-0.05, 0) is 24.1 Å². The first-order valence-electron chi connectivity index (χ1n) is 5.56. The maximum Gasteiger partial charge on any atom is 0.419 e. The van der Waals surface area contributed by atoms with Crippen molar-refractivity contribution in [3.05, 3.63) is 34.3 Å². The fraction of sp³-hybridized carbons (Fsp3) is 0.385. The molecule has 0 amide bonds. The van der Waals surface area contributed by atoms with E-state index in [4.69, 9.17) is 9.68 Å². The van der Waals surface area contributed by atoms with Crippen molar-refractivity contribution in [2.24, 2.45) is 13.0 Å². The van der Waals surface area contributed by atoms with E-state index in [1.54, 1.807) is 7.05 Å². The molecule has 0 N–H and O–H groups in total. The Balaban J connectivity index is 2.18. The summed E-state index contributed by atoms with van der Waals surface area (Å²) in [6.45, 7) is 2.08. The van der Waals surface area contributed by atoms with E-state index in [2.05, 4.69) is 13.0 Å². The molecule has 2 aromatic rings. The molecule has 0 saturated heterocycles. The maximum atomic E-state index is 11.4. The summed E-state index contributed by atoms with van der Waals surface area (Å²) >= 11 is 0. The smallest absolute Gasteiger partial charge is 0.408 e. The molecule has 0 spiro atoms. The number of aromatic nitrogens is 1. The molecule has 1 aromatic carbocycles. The highest BCUT2D eigenvalue weighted by Crippen LogP contribution is 2.53. The van der Waals surface area contributed by atoms with Gasteiger partial charge in [-0.3, -0.25) is 4.57 Å². The van der Waals surface area contributed by atoms with Gasteiger partial charge in [0.15, 0.2) is 5.58 Å². The molecular weight excluding hydrogens is 216 g/mol. The number of oxazole rings is 1. The molecule has 1 fully saturated rings. The summed E-state index contributed by atoms with van der Waals surface area (Å²) in [4.78, 5) is 11.4. The van der Waals surface area contributed by atoms with Gasteiger partial charge in [-0.25, -0.2) is 4.79 Å². The Hall–Kier alpha value is -2.02. The van der Waals surface area contributed by atoms with Crippen molar-refractivity contribution < 1.29 is 4.42 Å². The molecule has 1 aliphatic carbocycles. The molecule has 0 radical (unpaired) electrons. The number of fused-ring (bicyclic) bond motifs is 1. The van der Waals surface area contributed by atoms with E-state index < -0.39 is 0 Å². The van der Waals surface area contributed by atoms with Crippen LogP contribution in [0.1, 0.15) is 18.9 Å². The monoisotopic (exact) mass is 228 g/mol. The van der Waals surface area contributed by atoms with Crippen molar-refractivity contribution in [1.82, 2.24) is 4.57 Å². The second-order valence-corrected chi connectivity index (χ2v) is 4.91. The van der Waals surface area contributed by atoms with Crippen molar-refractivity contribution in [3.63, 3.8) is 0 Å². The van der Waals surface area contributed by atoms with Crippen LogP contribution in [0.4, 0.5) is 0 Å². The zero-order valence-corrected chi connectivity index (χ0v) is 9.73. The minimum Gasteiger partial charge on any atom is -0.408 e. The number of rotatable bonds is 1. The molecule has 1 aliphatic rings. The number of hydrogen-bond acceptors (Lipinski definition) is 3. The van der Waals surface area contributed by atoms with Crippen molar-refractivity contribution >= 4 is 11.1 Å². The standard InChI is InChI=1S/C13H12N2O2/c1-13(6-9(13)7-14)8-3-4-11-10(5-8)15(2)12(16)17-11/h3-5,9H,6H2,1-2H3. The lowest BCUT2D eigenvalue weighted by Gasteiger charge is -2.09. The third-order valence-corrected chi connectivity index (χ3v) is 3.84. The summed E-state index contributed by atoms with van der Waals surface area (Å²) in [5, 5.41) is 8.95. The number of hydrogen-bond donors (Lipinski definition) is 0. The number of aryl methyl sites for hydroxylation is 1. The van der Waals surface area contributed by atoms with Crippen LogP contribution in [0, 0.1) is 17.2 Å². The van der Waals surface area contributed by atoms with Crippen molar-refractivity contribution in [3.8, 4) is 6.07 Å². The van der Waals surface area contributed by atoms with Crippen molar-refractivity contribution in [2.75, 3.05) is 0 Å². The Kier molecular flexibility index (Phi) is 1.80. The Morgan fingerprint density at radius 1 is 1.59 bits per heavy atom. The van der Waals surface area contributed by atoms with E-state index in [0.717, 1.165) is 17.5 Å². The SMILES string of the molecule is Cn1c(=O)oc2ccc(C3(C)CC3C#N)cc21. The largest absolute Gasteiger partial charge is 0.419 e. The van der Waals surface area contributed by atoms with E-state index in [-0.39, 0.29) is 17.1 Å². The van der Waals surface area contributed by atoms with Crippen molar-refractivity contribution in [2.45, 2.75) is 18.8 Å². The molecule has 17 heavy (non-hydrogen) atoms. The third kappa shape index (κ3) is 1.26. The van der Waals surface area contributed by atoms with E-state index in [1.807, 2.05) is 18.2 Å². The van der Waals surface area contributed by atoms with Crippen molar-refractivity contribution in [1.29, 1.82) is 5.26 Å². The Bertz CT molecular complexity index is 704. The summed E-state index contributed by atoms with van der Waals surface area (Å²) in [6, 6.07) is 8.02. The van der Waals surface area contributed by atoms with Gasteiger partial charge in [-0.15, -0.1) is 0 Å². The highest BCUT2D eigenvalue weighted by atomic mass is 16.4. The van der Waals surface area contributed by atoms with Gasteiger partial charge in [0.2, 0.25) is 0 Å². The van der Waals surface area contributed by atoms with Crippen LogP contribution in [-0.2, 0) is 12.5 Å². The lowest BCUT2D eigenvalue weighted by Crippen LogP contribution is -2.09. The average molecular weight is 228 g/mol. The van der Waals surface area contributed by atoms with Gasteiger partial charge in [-0.1, -0.05) is 13.0 Å². The predicted molar refractivity (Wildman–Crippen MR) is 62.5 cm³/mol. The highest BCUT2D eigenvalue weighted by molar-refractivity contribution is 5.74. The Morgan fingerprint density at radius 2 is 2.35 bits per heavy atom. The average Bonchev–Trinajstić information content (AvgIpc) is 2.92. The summed E-state index contributed by atoms with van der Waals surface area (Å²) < 4.78 is 6.57. The van der Waals surface area contributed by atoms with E-state index in [0.29, 0.717) is 5.58 Å². The normalized spacial score (nSPS) is 27.0. The van der Waals surface area contributed by atoms with Crippen LogP contribution in [0.2, 0.25) is 0 Å². The molecule has 1 aromatic heterocycles. The molecule has 3 rings (SSSR count). The zero-order chi connectivity index (χ0) is 12.2. The minimum atomic E-state index is -0.352. The molecule has 1 saturated carbocycles. The molecule has 2 atom stereocenters. The van der Waals surface area contributed by atoms with E-state index in [9.17, 15) is 4.79 Å². The van der Waals surface area contributed by atoms with Gasteiger partial charge >= 0.3 is 5.76 Å². The summed E-state index contributed by atoms with van der Waals surface area (Å²) in [5.74, 6) is -0.265. The molecule has 2 unspecified atom stereocenters. The van der Waals surface area contributed by atoms with Gasteiger partial charge in [0.05, 0.1) is 17.5 Å². The van der Waals surface area contributed by atoms with Crippen LogP contribution < -0.4 is 5.76 Å². The minimum absolute atomic E-state index is 0.0593. The second-order valence-electron chi connectivity index (χ2n) is 4.91. The topological polar surface area (TPSA) is 58.9 Å². The maximum absolute atomic E-state index is 11.4. The molecule has 4 nitrogen and oxygen atoms in total. The summed E-state index contributed by atoms with van der Waals surface area (Å²) in [5.41, 5.74) is 2.43. The van der Waals surface area contributed by atoms with Crippen LogP contribution in [0.5, 0.6) is 0 Å². The quantitative estimate of drug-likeness (QED) is 0.749. The predicted octanol–water partition coefficient (Wildman–Crippen LogP) is 1.93. The van der Waals surface area contributed by atoms with Crippen LogP contribution in [-0.4, -0.2) is 4.57 Å². The van der Waals surface area contributed by atoms with Gasteiger partial charge < -0.3 is 4.42 Å². The fourth-order valence-electron chi connectivity index (χ4n) is 2.35. The van der Waals surface area contributed by atoms with Gasteiger partial charge in [0.25, 0.3) is 0 Å². The Morgan fingerprint density at radius 3 is 3.00 bits per heavy atom. The molecule has 4 heteroatoms. The lowest BCUT2D eigenvalue weighted by atomic mass is 9.95.